The molecule has 0 fully saturated rings. The molecule has 8 aromatic carbocycles. The number of furan rings is 3. The Labute approximate surface area is 296 Å². The summed E-state index contributed by atoms with van der Waals surface area (Å²) in [5, 5.41) is 8.90. The van der Waals surface area contributed by atoms with Crippen molar-refractivity contribution in [2.75, 3.05) is 0 Å². The van der Waals surface area contributed by atoms with Gasteiger partial charge in [0.15, 0.2) is 0 Å². The molecule has 0 saturated carbocycles. The Kier molecular flexibility index (Phi) is 5.47. The molecule has 0 saturated heterocycles. The predicted octanol–water partition coefficient (Wildman–Crippen LogP) is 13.8. The molecule has 0 aliphatic heterocycles. The molecular formula is C48H27NO3. The number of para-hydroxylation sites is 2. The van der Waals surface area contributed by atoms with Crippen LogP contribution < -0.4 is 0 Å². The summed E-state index contributed by atoms with van der Waals surface area (Å²) >= 11 is 0. The van der Waals surface area contributed by atoms with Crippen LogP contribution in [0.5, 0.6) is 0 Å². The lowest BCUT2D eigenvalue weighted by Gasteiger charge is -2.07. The number of aromatic nitrogens is 1. The second-order valence-electron chi connectivity index (χ2n) is 13.7. The smallest absolute Gasteiger partial charge is 0.136 e. The average Bonchev–Trinajstić information content (AvgIpc) is 3.95. The van der Waals surface area contributed by atoms with Crippen LogP contribution in [0.2, 0.25) is 0 Å². The fourth-order valence-corrected chi connectivity index (χ4v) is 8.32. The lowest BCUT2D eigenvalue weighted by atomic mass is 9.99. The third kappa shape index (κ3) is 3.92. The summed E-state index contributed by atoms with van der Waals surface area (Å²) in [5.74, 6) is 0. The van der Waals surface area contributed by atoms with E-state index in [0.717, 1.165) is 82.6 Å². The second-order valence-corrected chi connectivity index (χ2v) is 13.7. The molecule has 0 radical (unpaired) electrons. The third-order valence-electron chi connectivity index (χ3n) is 10.8. The van der Waals surface area contributed by atoms with E-state index in [1.165, 1.54) is 32.9 Å². The van der Waals surface area contributed by atoms with E-state index < -0.39 is 0 Å². The summed E-state index contributed by atoms with van der Waals surface area (Å²) in [6.07, 6.45) is 0. The molecule has 4 nitrogen and oxygen atoms in total. The highest BCUT2D eigenvalue weighted by Gasteiger charge is 2.18. The van der Waals surface area contributed by atoms with Gasteiger partial charge in [0.05, 0.1) is 11.0 Å². The van der Waals surface area contributed by atoms with Gasteiger partial charge in [-0.15, -0.1) is 0 Å². The standard InChI is InChI=1S/C48H27NO3/c1-2-8-28(9-3-1)29-14-18-43-35(22-29)36-23-30(15-19-44(36)50-43)31-16-20-45-37(24-31)39-26-48-40(27-47(39)51-45)38-25-32(17-21-46(38)52-48)49-41-12-6-4-10-33(41)34-11-5-7-13-42(34)49/h1-27H. The molecule has 52 heavy (non-hydrogen) atoms. The molecule has 12 rings (SSSR count). The molecule has 4 heterocycles. The lowest BCUT2D eigenvalue weighted by molar-refractivity contribution is 0.664. The zero-order chi connectivity index (χ0) is 33.9. The molecule has 0 N–H and O–H groups in total. The van der Waals surface area contributed by atoms with Gasteiger partial charge in [0.2, 0.25) is 0 Å². The van der Waals surface area contributed by atoms with Gasteiger partial charge in [0.25, 0.3) is 0 Å². The van der Waals surface area contributed by atoms with E-state index in [1.54, 1.807) is 0 Å². The first-order valence-corrected chi connectivity index (χ1v) is 17.6. The molecule has 0 bridgehead atoms. The van der Waals surface area contributed by atoms with Crippen molar-refractivity contribution in [2.45, 2.75) is 0 Å². The Bertz CT molecular complexity index is 3360. The van der Waals surface area contributed by atoms with Crippen molar-refractivity contribution in [1.82, 2.24) is 4.57 Å². The van der Waals surface area contributed by atoms with Crippen molar-refractivity contribution in [3.05, 3.63) is 164 Å². The summed E-state index contributed by atoms with van der Waals surface area (Å²) in [6, 6.07) is 57.8. The van der Waals surface area contributed by atoms with E-state index in [1.807, 2.05) is 6.07 Å². The molecule has 0 atom stereocenters. The van der Waals surface area contributed by atoms with Crippen LogP contribution >= 0.6 is 0 Å². The van der Waals surface area contributed by atoms with Crippen molar-refractivity contribution in [3.63, 3.8) is 0 Å². The number of rotatable bonds is 3. The number of fused-ring (bicyclic) bond motifs is 12. The molecule has 0 aliphatic carbocycles. The SMILES string of the molecule is c1ccc(-c2ccc3oc4ccc(-c5ccc6oc7cc8c(cc7c6c5)oc5ccc(-n6c7ccccc7c7ccccc76)cc58)cc4c3c2)cc1. The molecule has 12 aromatic rings. The van der Waals surface area contributed by atoms with Gasteiger partial charge >= 0.3 is 0 Å². The Hall–Kier alpha value is -7.04. The first-order chi connectivity index (χ1) is 25.7. The number of hydrogen-bond donors (Lipinski definition) is 0. The Morgan fingerprint density at radius 3 is 1.21 bits per heavy atom. The molecule has 0 unspecified atom stereocenters. The van der Waals surface area contributed by atoms with E-state index in [9.17, 15) is 0 Å². The van der Waals surface area contributed by atoms with E-state index in [0.29, 0.717) is 0 Å². The average molecular weight is 666 g/mol. The summed E-state index contributed by atoms with van der Waals surface area (Å²) in [4.78, 5) is 0. The maximum Gasteiger partial charge on any atom is 0.136 e. The minimum absolute atomic E-state index is 0.842. The van der Waals surface area contributed by atoms with Crippen LogP contribution in [0, 0.1) is 0 Å². The molecule has 0 aliphatic rings. The monoisotopic (exact) mass is 665 g/mol. The highest BCUT2D eigenvalue weighted by Crippen LogP contribution is 2.41. The highest BCUT2D eigenvalue weighted by atomic mass is 16.3. The fourth-order valence-electron chi connectivity index (χ4n) is 8.32. The van der Waals surface area contributed by atoms with Crippen LogP contribution in [-0.4, -0.2) is 4.57 Å². The number of nitrogens with zero attached hydrogens (tertiary/aromatic N) is 1. The van der Waals surface area contributed by atoms with Crippen LogP contribution in [0.15, 0.2) is 177 Å². The fraction of sp³-hybridized carbons (Fsp3) is 0. The molecule has 0 spiro atoms. The van der Waals surface area contributed by atoms with Crippen molar-refractivity contribution in [3.8, 4) is 27.9 Å². The van der Waals surface area contributed by atoms with E-state index in [2.05, 4.69) is 162 Å². The molecule has 4 aromatic heterocycles. The zero-order valence-electron chi connectivity index (χ0n) is 27.8. The Morgan fingerprint density at radius 2 is 0.673 bits per heavy atom. The van der Waals surface area contributed by atoms with Gasteiger partial charge in [-0.25, -0.2) is 0 Å². The zero-order valence-corrected chi connectivity index (χ0v) is 27.8. The van der Waals surface area contributed by atoms with Gasteiger partial charge in [-0.3, -0.25) is 0 Å². The number of benzene rings is 8. The van der Waals surface area contributed by atoms with Crippen molar-refractivity contribution >= 4 is 87.6 Å². The van der Waals surface area contributed by atoms with Crippen molar-refractivity contribution < 1.29 is 13.3 Å². The first kappa shape index (κ1) is 27.7. The van der Waals surface area contributed by atoms with Crippen LogP contribution in [0.1, 0.15) is 0 Å². The number of hydrogen-bond acceptors (Lipinski definition) is 3. The highest BCUT2D eigenvalue weighted by molar-refractivity contribution is 6.16. The van der Waals surface area contributed by atoms with Crippen LogP contribution in [0.25, 0.3) is 116 Å². The predicted molar refractivity (Wildman–Crippen MR) is 213 cm³/mol. The van der Waals surface area contributed by atoms with Crippen LogP contribution in [-0.2, 0) is 0 Å². The maximum absolute atomic E-state index is 6.50. The van der Waals surface area contributed by atoms with Crippen molar-refractivity contribution in [2.24, 2.45) is 0 Å². The second kappa shape index (κ2) is 10.3. The normalized spacial score (nSPS) is 12.2. The maximum atomic E-state index is 6.50. The molecule has 242 valence electrons. The van der Waals surface area contributed by atoms with Gasteiger partial charge in [0.1, 0.15) is 33.5 Å². The van der Waals surface area contributed by atoms with Gasteiger partial charge in [-0.05, 0) is 101 Å². The van der Waals surface area contributed by atoms with Gasteiger partial charge in [0, 0.05) is 48.8 Å². The molecule has 4 heteroatoms. The van der Waals surface area contributed by atoms with E-state index >= 15 is 0 Å². The summed E-state index contributed by atoms with van der Waals surface area (Å²) < 4.78 is 21.6. The lowest BCUT2D eigenvalue weighted by Crippen LogP contribution is -1.93. The summed E-state index contributed by atoms with van der Waals surface area (Å²) in [6.45, 7) is 0. The quantitative estimate of drug-likeness (QED) is 0.189. The van der Waals surface area contributed by atoms with Gasteiger partial charge in [-0.1, -0.05) is 84.9 Å². The molecule has 0 amide bonds. The minimum Gasteiger partial charge on any atom is -0.456 e. The van der Waals surface area contributed by atoms with Crippen LogP contribution in [0.4, 0.5) is 0 Å². The van der Waals surface area contributed by atoms with Crippen molar-refractivity contribution in [1.29, 1.82) is 0 Å². The topological polar surface area (TPSA) is 44.4 Å². The van der Waals surface area contributed by atoms with E-state index in [4.69, 9.17) is 13.3 Å². The summed E-state index contributed by atoms with van der Waals surface area (Å²) in [5.41, 5.74) is 13.2. The summed E-state index contributed by atoms with van der Waals surface area (Å²) in [7, 11) is 0. The minimum atomic E-state index is 0.842. The van der Waals surface area contributed by atoms with E-state index in [-0.39, 0.29) is 0 Å². The Balaban J connectivity index is 0.990. The first-order valence-electron chi connectivity index (χ1n) is 17.6. The molecular weight excluding hydrogens is 639 g/mol. The van der Waals surface area contributed by atoms with Gasteiger partial charge in [-0.2, -0.15) is 0 Å². The van der Waals surface area contributed by atoms with Gasteiger partial charge < -0.3 is 17.8 Å². The third-order valence-corrected chi connectivity index (χ3v) is 10.8. The Morgan fingerprint density at radius 1 is 0.269 bits per heavy atom. The largest absolute Gasteiger partial charge is 0.456 e. The van der Waals surface area contributed by atoms with Crippen LogP contribution in [0.3, 0.4) is 0 Å².